The highest BCUT2D eigenvalue weighted by atomic mass is 32.1. The van der Waals surface area contributed by atoms with Crippen LogP contribution in [0.2, 0.25) is 0 Å². The van der Waals surface area contributed by atoms with E-state index in [9.17, 15) is 4.39 Å². The van der Waals surface area contributed by atoms with Gasteiger partial charge in [0.05, 0.1) is 18.2 Å². The molecule has 0 bridgehead atoms. The maximum atomic E-state index is 13.3. The quantitative estimate of drug-likeness (QED) is 0.787. The van der Waals surface area contributed by atoms with E-state index in [0.717, 1.165) is 15.8 Å². The van der Waals surface area contributed by atoms with Crippen molar-refractivity contribution in [3.63, 3.8) is 0 Å². The van der Waals surface area contributed by atoms with Crippen LogP contribution in [0, 0.1) is 19.7 Å². The molecule has 2 heterocycles. The Morgan fingerprint density at radius 3 is 2.81 bits per heavy atom. The van der Waals surface area contributed by atoms with Crippen LogP contribution in [0.3, 0.4) is 0 Å². The summed E-state index contributed by atoms with van der Waals surface area (Å²) in [7, 11) is 1.51. The molecule has 0 fully saturated rings. The summed E-state index contributed by atoms with van der Waals surface area (Å²) in [5, 5.41) is 4.20. The van der Waals surface area contributed by atoms with Crippen LogP contribution in [0.5, 0.6) is 5.75 Å². The minimum absolute atomic E-state index is 0.340. The Balaban J connectivity index is 2.10. The number of nitrogens with zero attached hydrogens (tertiary/aromatic N) is 2. The molecular formula is C15H14FN3OS. The standard InChI is InChI=1S/C15H14FN3OS/c1-8-9(2)21-15-13(8)14(17-7-18-15)19-11-5-4-10(16)6-12(11)20-3/h4-7H,1-3H3,(H,17,18,19). The van der Waals surface area contributed by atoms with Crippen molar-refractivity contribution < 1.29 is 9.13 Å². The van der Waals surface area contributed by atoms with Gasteiger partial charge in [0, 0.05) is 10.9 Å². The third-order valence-corrected chi connectivity index (χ3v) is 4.50. The molecular weight excluding hydrogens is 289 g/mol. The van der Waals surface area contributed by atoms with Crippen molar-refractivity contribution in [3.8, 4) is 5.75 Å². The number of benzene rings is 1. The molecule has 0 spiro atoms. The van der Waals surface area contributed by atoms with Crippen molar-refractivity contribution in [2.45, 2.75) is 13.8 Å². The third-order valence-electron chi connectivity index (χ3n) is 3.38. The predicted molar refractivity (Wildman–Crippen MR) is 83.1 cm³/mol. The number of hydrogen-bond donors (Lipinski definition) is 1. The van der Waals surface area contributed by atoms with Crippen LogP contribution in [0.15, 0.2) is 24.5 Å². The smallest absolute Gasteiger partial charge is 0.145 e. The molecule has 0 saturated heterocycles. The van der Waals surface area contributed by atoms with E-state index in [1.54, 1.807) is 17.4 Å². The molecule has 0 unspecified atom stereocenters. The number of methoxy groups -OCH3 is 1. The molecule has 0 amide bonds. The van der Waals surface area contributed by atoms with Crippen molar-refractivity contribution in [1.29, 1.82) is 0 Å². The van der Waals surface area contributed by atoms with E-state index in [0.29, 0.717) is 17.3 Å². The van der Waals surface area contributed by atoms with Crippen LogP contribution in [-0.2, 0) is 0 Å². The largest absolute Gasteiger partial charge is 0.494 e. The molecule has 2 aromatic heterocycles. The average Bonchev–Trinajstić information content (AvgIpc) is 2.77. The maximum absolute atomic E-state index is 13.3. The minimum atomic E-state index is -0.340. The van der Waals surface area contributed by atoms with E-state index < -0.39 is 0 Å². The second kappa shape index (κ2) is 5.29. The van der Waals surface area contributed by atoms with E-state index in [1.807, 2.05) is 6.92 Å². The summed E-state index contributed by atoms with van der Waals surface area (Å²) >= 11 is 1.63. The lowest BCUT2D eigenvalue weighted by atomic mass is 10.2. The predicted octanol–water partition coefficient (Wildman–Crippen LogP) is 4.20. The number of thiophene rings is 1. The summed E-state index contributed by atoms with van der Waals surface area (Å²) in [6.07, 6.45) is 1.52. The zero-order chi connectivity index (χ0) is 15.0. The van der Waals surface area contributed by atoms with Gasteiger partial charge in [0.2, 0.25) is 0 Å². The molecule has 108 valence electrons. The van der Waals surface area contributed by atoms with Gasteiger partial charge in [0.25, 0.3) is 0 Å². The molecule has 0 radical (unpaired) electrons. The minimum Gasteiger partial charge on any atom is -0.494 e. The lowest BCUT2D eigenvalue weighted by Gasteiger charge is -2.11. The molecule has 0 aliphatic heterocycles. The fraction of sp³-hybridized carbons (Fsp3) is 0.200. The van der Waals surface area contributed by atoms with Crippen molar-refractivity contribution in [2.24, 2.45) is 0 Å². The molecule has 3 aromatic rings. The first-order valence-corrected chi connectivity index (χ1v) is 7.23. The molecule has 21 heavy (non-hydrogen) atoms. The van der Waals surface area contributed by atoms with Crippen LogP contribution in [0.25, 0.3) is 10.2 Å². The number of halogens is 1. The first-order chi connectivity index (χ1) is 10.1. The number of anilines is 2. The van der Waals surface area contributed by atoms with Gasteiger partial charge in [-0.3, -0.25) is 0 Å². The summed E-state index contributed by atoms with van der Waals surface area (Å²) in [4.78, 5) is 10.7. The normalized spacial score (nSPS) is 10.9. The monoisotopic (exact) mass is 303 g/mol. The summed E-state index contributed by atoms with van der Waals surface area (Å²) in [6, 6.07) is 4.36. The van der Waals surface area contributed by atoms with Crippen LogP contribution in [-0.4, -0.2) is 17.1 Å². The number of aryl methyl sites for hydroxylation is 2. The van der Waals surface area contributed by atoms with Gasteiger partial charge in [-0.1, -0.05) is 0 Å². The number of rotatable bonds is 3. The molecule has 6 heteroatoms. The average molecular weight is 303 g/mol. The summed E-state index contributed by atoms with van der Waals surface area (Å²) < 4.78 is 18.5. The van der Waals surface area contributed by atoms with Gasteiger partial charge in [-0.05, 0) is 31.5 Å². The summed E-state index contributed by atoms with van der Waals surface area (Å²) in [6.45, 7) is 4.11. The van der Waals surface area contributed by atoms with Gasteiger partial charge < -0.3 is 10.1 Å². The number of fused-ring (bicyclic) bond motifs is 1. The topological polar surface area (TPSA) is 47.0 Å². The maximum Gasteiger partial charge on any atom is 0.145 e. The fourth-order valence-electron chi connectivity index (χ4n) is 2.17. The van der Waals surface area contributed by atoms with Crippen molar-refractivity contribution in [3.05, 3.63) is 40.8 Å². The second-order valence-corrected chi connectivity index (χ2v) is 5.86. The first-order valence-electron chi connectivity index (χ1n) is 6.41. The van der Waals surface area contributed by atoms with Crippen LogP contribution in [0.4, 0.5) is 15.9 Å². The molecule has 0 aliphatic carbocycles. The van der Waals surface area contributed by atoms with E-state index in [2.05, 4.69) is 22.2 Å². The van der Waals surface area contributed by atoms with E-state index >= 15 is 0 Å². The molecule has 0 saturated carbocycles. The van der Waals surface area contributed by atoms with Crippen molar-refractivity contribution in [1.82, 2.24) is 9.97 Å². The van der Waals surface area contributed by atoms with Gasteiger partial charge in [-0.15, -0.1) is 11.3 Å². The molecule has 0 atom stereocenters. The zero-order valence-electron chi connectivity index (χ0n) is 11.9. The highest BCUT2D eigenvalue weighted by molar-refractivity contribution is 7.18. The first kappa shape index (κ1) is 13.8. The highest BCUT2D eigenvalue weighted by Crippen LogP contribution is 2.35. The number of nitrogens with one attached hydrogen (secondary N) is 1. The number of aromatic nitrogens is 2. The zero-order valence-corrected chi connectivity index (χ0v) is 12.7. The van der Waals surface area contributed by atoms with Gasteiger partial charge in [0.15, 0.2) is 0 Å². The van der Waals surface area contributed by atoms with Crippen molar-refractivity contribution >= 4 is 33.1 Å². The highest BCUT2D eigenvalue weighted by Gasteiger charge is 2.13. The lowest BCUT2D eigenvalue weighted by molar-refractivity contribution is 0.413. The molecule has 3 rings (SSSR count). The molecule has 1 aromatic carbocycles. The number of hydrogen-bond acceptors (Lipinski definition) is 5. The molecule has 4 nitrogen and oxygen atoms in total. The van der Waals surface area contributed by atoms with E-state index in [1.165, 1.54) is 30.4 Å². The van der Waals surface area contributed by atoms with Gasteiger partial charge in [0.1, 0.15) is 28.5 Å². The van der Waals surface area contributed by atoms with E-state index in [-0.39, 0.29) is 5.82 Å². The Labute approximate surface area is 125 Å². The van der Waals surface area contributed by atoms with Crippen molar-refractivity contribution in [2.75, 3.05) is 12.4 Å². The number of ether oxygens (including phenoxy) is 1. The lowest BCUT2D eigenvalue weighted by Crippen LogP contribution is -1.98. The van der Waals surface area contributed by atoms with Gasteiger partial charge in [-0.2, -0.15) is 0 Å². The van der Waals surface area contributed by atoms with E-state index in [4.69, 9.17) is 4.74 Å². The molecule has 0 aliphatic rings. The SMILES string of the molecule is COc1cc(F)ccc1Nc1ncnc2sc(C)c(C)c12. The Hall–Kier alpha value is -2.21. The van der Waals surface area contributed by atoms with Crippen LogP contribution >= 0.6 is 11.3 Å². The molecule has 1 N–H and O–H groups in total. The Bertz CT molecular complexity index is 816. The van der Waals surface area contributed by atoms with Crippen LogP contribution in [0.1, 0.15) is 10.4 Å². The van der Waals surface area contributed by atoms with Crippen LogP contribution < -0.4 is 10.1 Å². The summed E-state index contributed by atoms with van der Waals surface area (Å²) in [5.74, 6) is 0.797. The Morgan fingerprint density at radius 2 is 2.05 bits per heavy atom. The summed E-state index contributed by atoms with van der Waals surface area (Å²) in [5.41, 5.74) is 1.82. The van der Waals surface area contributed by atoms with Gasteiger partial charge >= 0.3 is 0 Å². The Morgan fingerprint density at radius 1 is 1.24 bits per heavy atom. The third kappa shape index (κ3) is 2.42. The second-order valence-electron chi connectivity index (χ2n) is 4.66. The van der Waals surface area contributed by atoms with Gasteiger partial charge in [-0.25, -0.2) is 14.4 Å². The Kier molecular flexibility index (Phi) is 3.47. The fourth-order valence-corrected chi connectivity index (χ4v) is 3.17.